The average molecular weight is 529 g/mol. The van der Waals surface area contributed by atoms with Gasteiger partial charge in [0.25, 0.3) is 5.91 Å². The first-order chi connectivity index (χ1) is 16.8. The third-order valence-corrected chi connectivity index (χ3v) is 6.67. The van der Waals surface area contributed by atoms with Gasteiger partial charge in [0.1, 0.15) is 5.75 Å². The molecule has 1 aliphatic rings. The smallest absolute Gasteiger partial charge is 0.276 e. The highest BCUT2D eigenvalue weighted by molar-refractivity contribution is 6.33. The second-order valence-electron chi connectivity index (χ2n) is 8.94. The molecule has 36 heavy (non-hydrogen) atoms. The van der Waals surface area contributed by atoms with Crippen LogP contribution in [0.4, 0.5) is 11.4 Å². The van der Waals surface area contributed by atoms with E-state index in [1.165, 1.54) is 7.11 Å². The van der Waals surface area contributed by atoms with E-state index in [-0.39, 0.29) is 24.2 Å². The summed E-state index contributed by atoms with van der Waals surface area (Å²) < 4.78 is 5.28. The van der Waals surface area contributed by atoms with E-state index in [0.717, 1.165) is 11.3 Å². The molecule has 1 aromatic heterocycles. The lowest BCUT2D eigenvalue weighted by Crippen LogP contribution is -2.49. The number of methoxy groups -OCH3 is 1. The second kappa shape index (κ2) is 11.6. The van der Waals surface area contributed by atoms with Crippen LogP contribution in [0.25, 0.3) is 0 Å². The van der Waals surface area contributed by atoms with Crippen LogP contribution in [-0.4, -0.2) is 55.0 Å². The molecule has 0 unspecified atom stereocenters. The fraction of sp³-hybridized carbons (Fsp3) is 0.296. The van der Waals surface area contributed by atoms with E-state index in [9.17, 15) is 9.59 Å². The summed E-state index contributed by atoms with van der Waals surface area (Å²) in [5.74, 6) is 0.216. The molecule has 190 valence electrons. The van der Waals surface area contributed by atoms with Gasteiger partial charge in [-0.25, -0.2) is 4.98 Å². The van der Waals surface area contributed by atoms with Crippen molar-refractivity contribution < 1.29 is 14.3 Å². The summed E-state index contributed by atoms with van der Waals surface area (Å²) in [7, 11) is 1.53. The predicted molar refractivity (Wildman–Crippen MR) is 146 cm³/mol. The number of anilines is 2. The molecule has 0 saturated carbocycles. The Bertz CT molecular complexity index is 1210. The second-order valence-corrected chi connectivity index (χ2v) is 9.35. The molecule has 1 aliphatic heterocycles. The quantitative estimate of drug-likeness (QED) is 0.484. The van der Waals surface area contributed by atoms with Gasteiger partial charge < -0.3 is 19.9 Å². The molecule has 0 bridgehead atoms. The van der Waals surface area contributed by atoms with E-state index in [2.05, 4.69) is 15.2 Å². The third-order valence-electron chi connectivity index (χ3n) is 6.37. The first-order valence-corrected chi connectivity index (χ1v) is 11.9. The fourth-order valence-electron chi connectivity index (χ4n) is 4.13. The van der Waals surface area contributed by atoms with Crippen molar-refractivity contribution in [3.05, 3.63) is 83.1 Å². The van der Waals surface area contributed by atoms with E-state index in [4.69, 9.17) is 16.3 Å². The number of amides is 2. The number of hydrogen-bond donors (Lipinski definition) is 1. The standard InChI is InChI=1S/C27H29ClN4O3.ClH/c1-27(2,19-8-5-4-6-9-19)26(34)30-20-11-12-22(21(28)18-20)31-14-16-32(17-15-31)25(33)24-23(35-3)10-7-13-29-24;/h4-13,18H,14-17H2,1-3H3,(H,30,34);1H. The zero-order valence-corrected chi connectivity index (χ0v) is 22.1. The first-order valence-electron chi connectivity index (χ1n) is 11.5. The van der Waals surface area contributed by atoms with Crippen molar-refractivity contribution >= 4 is 47.2 Å². The number of nitrogens with one attached hydrogen (secondary N) is 1. The summed E-state index contributed by atoms with van der Waals surface area (Å²) in [5.41, 5.74) is 2.08. The Labute approximate surface area is 222 Å². The molecule has 9 heteroatoms. The number of carbonyl (C=O) groups is 2. The Balaban J connectivity index is 0.00000361. The van der Waals surface area contributed by atoms with E-state index in [0.29, 0.717) is 48.3 Å². The van der Waals surface area contributed by atoms with E-state index in [1.54, 1.807) is 29.3 Å². The topological polar surface area (TPSA) is 74.8 Å². The number of halogens is 2. The van der Waals surface area contributed by atoms with Crippen molar-refractivity contribution in [1.82, 2.24) is 9.88 Å². The van der Waals surface area contributed by atoms with Gasteiger partial charge in [-0.3, -0.25) is 9.59 Å². The van der Waals surface area contributed by atoms with Gasteiger partial charge >= 0.3 is 0 Å². The van der Waals surface area contributed by atoms with Gasteiger partial charge in [0.05, 0.1) is 23.2 Å². The number of ether oxygens (including phenoxy) is 1. The van der Waals surface area contributed by atoms with Crippen LogP contribution in [-0.2, 0) is 10.2 Å². The number of pyridine rings is 1. The molecule has 0 spiro atoms. The van der Waals surface area contributed by atoms with E-state index >= 15 is 0 Å². The molecule has 0 aliphatic carbocycles. The number of benzene rings is 2. The van der Waals surface area contributed by atoms with Crippen molar-refractivity contribution in [2.75, 3.05) is 43.5 Å². The zero-order chi connectivity index (χ0) is 25.0. The Kier molecular flexibility index (Phi) is 8.82. The average Bonchev–Trinajstić information content (AvgIpc) is 2.89. The van der Waals surface area contributed by atoms with Gasteiger partial charge in [-0.2, -0.15) is 0 Å². The molecule has 1 saturated heterocycles. The Hall–Kier alpha value is -3.29. The molecular formula is C27H30Cl2N4O3. The summed E-state index contributed by atoms with van der Waals surface area (Å²) in [6.45, 7) is 6.14. The maximum absolute atomic E-state index is 13.0. The van der Waals surface area contributed by atoms with Crippen LogP contribution < -0.4 is 15.0 Å². The van der Waals surface area contributed by atoms with Crippen molar-refractivity contribution in [3.8, 4) is 5.75 Å². The minimum atomic E-state index is -0.689. The minimum absolute atomic E-state index is 0. The lowest BCUT2D eigenvalue weighted by molar-refractivity contribution is -0.120. The predicted octanol–water partition coefficient (Wildman–Crippen LogP) is 5.04. The highest BCUT2D eigenvalue weighted by Crippen LogP contribution is 2.31. The lowest BCUT2D eigenvalue weighted by atomic mass is 9.83. The molecule has 1 N–H and O–H groups in total. The number of carbonyl (C=O) groups excluding carboxylic acids is 2. The summed E-state index contributed by atoms with van der Waals surface area (Å²) >= 11 is 6.61. The molecule has 0 atom stereocenters. The summed E-state index contributed by atoms with van der Waals surface area (Å²) in [5, 5.41) is 3.54. The molecule has 4 rings (SSSR count). The molecular weight excluding hydrogens is 499 g/mol. The Morgan fingerprint density at radius 3 is 2.33 bits per heavy atom. The van der Waals surface area contributed by atoms with Crippen LogP contribution in [0.3, 0.4) is 0 Å². The molecule has 3 aromatic rings. The van der Waals surface area contributed by atoms with Crippen molar-refractivity contribution in [2.45, 2.75) is 19.3 Å². The first kappa shape index (κ1) is 27.3. The number of aromatic nitrogens is 1. The molecule has 1 fully saturated rings. The summed E-state index contributed by atoms with van der Waals surface area (Å²) in [4.78, 5) is 34.0. The van der Waals surface area contributed by atoms with E-state index < -0.39 is 5.41 Å². The lowest BCUT2D eigenvalue weighted by Gasteiger charge is -2.36. The SMILES string of the molecule is COc1cccnc1C(=O)N1CCN(c2ccc(NC(=O)C(C)(C)c3ccccc3)cc2Cl)CC1.Cl. The summed E-state index contributed by atoms with van der Waals surface area (Å²) in [6, 6.07) is 18.7. The van der Waals surface area contributed by atoms with Gasteiger partial charge in [0.2, 0.25) is 5.91 Å². The van der Waals surface area contributed by atoms with Crippen LogP contribution in [0, 0.1) is 0 Å². The highest BCUT2D eigenvalue weighted by Gasteiger charge is 2.30. The maximum atomic E-state index is 13.0. The van der Waals surface area contributed by atoms with Crippen LogP contribution >= 0.6 is 24.0 Å². The van der Waals surface area contributed by atoms with E-state index in [1.807, 2.05) is 56.3 Å². The van der Waals surface area contributed by atoms with Crippen LogP contribution in [0.15, 0.2) is 66.9 Å². The van der Waals surface area contributed by atoms with Crippen LogP contribution in [0.5, 0.6) is 5.75 Å². The van der Waals surface area contributed by atoms with Gasteiger partial charge in [-0.1, -0.05) is 41.9 Å². The minimum Gasteiger partial charge on any atom is -0.494 e. The normalized spacial score (nSPS) is 13.6. The van der Waals surface area contributed by atoms with Crippen LogP contribution in [0.2, 0.25) is 5.02 Å². The van der Waals surface area contributed by atoms with Crippen molar-refractivity contribution in [2.24, 2.45) is 0 Å². The zero-order valence-electron chi connectivity index (χ0n) is 20.5. The molecule has 2 amide bonds. The Morgan fingerprint density at radius 2 is 1.69 bits per heavy atom. The van der Waals surface area contributed by atoms with Crippen molar-refractivity contribution in [3.63, 3.8) is 0 Å². The molecule has 2 heterocycles. The number of rotatable bonds is 6. The fourth-order valence-corrected chi connectivity index (χ4v) is 4.43. The van der Waals surface area contributed by atoms with Gasteiger partial charge in [0, 0.05) is 38.1 Å². The van der Waals surface area contributed by atoms with Crippen LogP contribution in [0.1, 0.15) is 29.9 Å². The number of nitrogens with zero attached hydrogens (tertiary/aromatic N) is 3. The summed E-state index contributed by atoms with van der Waals surface area (Å²) in [6.07, 6.45) is 1.59. The Morgan fingerprint density at radius 1 is 1.00 bits per heavy atom. The van der Waals surface area contributed by atoms with Gasteiger partial charge in [-0.05, 0) is 49.7 Å². The monoisotopic (exact) mass is 528 g/mol. The molecule has 2 aromatic carbocycles. The third kappa shape index (κ3) is 5.74. The van der Waals surface area contributed by atoms with Gasteiger partial charge in [0.15, 0.2) is 5.69 Å². The maximum Gasteiger partial charge on any atom is 0.276 e. The highest BCUT2D eigenvalue weighted by atomic mass is 35.5. The molecule has 0 radical (unpaired) electrons. The van der Waals surface area contributed by atoms with Crippen molar-refractivity contribution in [1.29, 1.82) is 0 Å². The van der Waals surface area contributed by atoms with Gasteiger partial charge in [-0.15, -0.1) is 12.4 Å². The molecule has 7 nitrogen and oxygen atoms in total. The number of hydrogen-bond acceptors (Lipinski definition) is 5. The number of piperazine rings is 1. The largest absolute Gasteiger partial charge is 0.494 e.